The molecule has 4 heterocycles. The van der Waals surface area contributed by atoms with Crippen LogP contribution in [-0.2, 0) is 6.18 Å². The van der Waals surface area contributed by atoms with Crippen molar-refractivity contribution in [2.45, 2.75) is 39.0 Å². The predicted molar refractivity (Wildman–Crippen MR) is 121 cm³/mol. The number of hydrogen-bond donors (Lipinski definition) is 2. The highest BCUT2D eigenvalue weighted by atomic mass is 19.4. The minimum absolute atomic E-state index is 0.00654. The van der Waals surface area contributed by atoms with Crippen LogP contribution in [0.2, 0.25) is 0 Å². The van der Waals surface area contributed by atoms with Gasteiger partial charge in [0.05, 0.1) is 17.8 Å². The zero-order valence-corrected chi connectivity index (χ0v) is 18.8. The topological polar surface area (TPSA) is 95.9 Å². The third-order valence-electron chi connectivity index (χ3n) is 5.63. The van der Waals surface area contributed by atoms with E-state index in [1.807, 2.05) is 20.8 Å². The predicted octanol–water partition coefficient (Wildman–Crippen LogP) is 4.68. The van der Waals surface area contributed by atoms with Gasteiger partial charge >= 0.3 is 12.2 Å². The number of alkyl halides is 3. The van der Waals surface area contributed by atoms with Crippen LogP contribution >= 0.6 is 0 Å². The summed E-state index contributed by atoms with van der Waals surface area (Å²) in [6.07, 6.45) is -0.285. The molecule has 2 amide bonds. The number of pyridine rings is 2. The number of carbonyl (C=O) groups is 1. The third kappa shape index (κ3) is 4.92. The van der Waals surface area contributed by atoms with Gasteiger partial charge in [-0.05, 0) is 42.7 Å². The lowest BCUT2D eigenvalue weighted by Crippen LogP contribution is -2.38. The number of nitrogens with zero attached hydrogens (tertiary/aromatic N) is 5. The first-order valence-corrected chi connectivity index (χ1v) is 10.8. The van der Waals surface area contributed by atoms with Crippen LogP contribution in [0.15, 0.2) is 48.9 Å². The number of carbonyl (C=O) groups excluding carboxylic acids is 1. The van der Waals surface area contributed by atoms with E-state index in [0.29, 0.717) is 35.1 Å². The fourth-order valence-corrected chi connectivity index (χ4v) is 3.74. The maximum Gasteiger partial charge on any atom is 0.433 e. The van der Waals surface area contributed by atoms with Crippen molar-refractivity contribution in [3.63, 3.8) is 0 Å². The van der Waals surface area contributed by atoms with E-state index in [2.05, 4.69) is 30.6 Å². The molecule has 0 spiro atoms. The van der Waals surface area contributed by atoms with E-state index in [-0.39, 0.29) is 24.0 Å². The summed E-state index contributed by atoms with van der Waals surface area (Å²) in [4.78, 5) is 30.5. The van der Waals surface area contributed by atoms with Crippen molar-refractivity contribution < 1.29 is 18.0 Å². The Kier molecular flexibility index (Phi) is 6.36. The molecule has 8 nitrogen and oxygen atoms in total. The summed E-state index contributed by atoms with van der Waals surface area (Å²) in [7, 11) is 0. The Balaban J connectivity index is 1.49. The van der Waals surface area contributed by atoms with E-state index in [1.54, 1.807) is 29.3 Å². The monoisotopic (exact) mass is 471 g/mol. The Hall–Kier alpha value is -3.76. The SMILES string of the molecule is CC(C)[C@H]1CNC(=O)N1c1ccnc(N[C@@H](C)c2ccc(-c3ccnc(C(F)(F)F)c3)cn2)n1. The molecule has 0 saturated carbocycles. The summed E-state index contributed by atoms with van der Waals surface area (Å²) in [5, 5.41) is 6.01. The number of hydrogen-bond acceptors (Lipinski definition) is 6. The maximum atomic E-state index is 12.9. The second kappa shape index (κ2) is 9.24. The van der Waals surface area contributed by atoms with Gasteiger partial charge in [0.15, 0.2) is 0 Å². The van der Waals surface area contributed by atoms with Crippen LogP contribution in [0.4, 0.5) is 29.7 Å². The minimum Gasteiger partial charge on any atom is -0.346 e. The second-order valence-electron chi connectivity index (χ2n) is 8.37. The van der Waals surface area contributed by atoms with Gasteiger partial charge in [0.2, 0.25) is 5.95 Å². The zero-order chi connectivity index (χ0) is 24.5. The van der Waals surface area contributed by atoms with Gasteiger partial charge in [0.1, 0.15) is 11.5 Å². The molecule has 0 radical (unpaired) electrons. The minimum atomic E-state index is -4.51. The molecule has 0 aromatic carbocycles. The molecule has 1 aliphatic heterocycles. The third-order valence-corrected chi connectivity index (χ3v) is 5.63. The summed E-state index contributed by atoms with van der Waals surface area (Å²) < 4.78 is 38.8. The first-order valence-electron chi connectivity index (χ1n) is 10.8. The number of urea groups is 1. The number of rotatable bonds is 6. The molecule has 0 bridgehead atoms. The van der Waals surface area contributed by atoms with Crippen molar-refractivity contribution in [3.05, 3.63) is 60.3 Å². The molecule has 4 rings (SSSR count). The summed E-state index contributed by atoms with van der Waals surface area (Å²) in [6, 6.07) is 7.13. The molecule has 1 saturated heterocycles. The number of amides is 2. The Labute approximate surface area is 194 Å². The van der Waals surface area contributed by atoms with Crippen LogP contribution in [0.5, 0.6) is 0 Å². The van der Waals surface area contributed by atoms with Gasteiger partial charge in [-0.1, -0.05) is 19.9 Å². The lowest BCUT2D eigenvalue weighted by Gasteiger charge is -2.25. The van der Waals surface area contributed by atoms with Gasteiger partial charge in [-0.2, -0.15) is 18.2 Å². The Morgan fingerprint density at radius 2 is 1.82 bits per heavy atom. The van der Waals surface area contributed by atoms with Crippen molar-refractivity contribution in [3.8, 4) is 11.1 Å². The maximum absolute atomic E-state index is 12.9. The van der Waals surface area contributed by atoms with Gasteiger partial charge in [-0.15, -0.1) is 0 Å². The average Bonchev–Trinajstić information content (AvgIpc) is 3.20. The standard InChI is InChI=1S/C23H24F3N7O/c1-13(2)18-12-30-22(34)33(18)20-7-9-28-21(32-20)31-14(3)17-5-4-16(11-29-17)15-6-8-27-19(10-15)23(24,25)26/h4-11,13-14,18H,12H2,1-3H3,(H,30,34)(H,28,31,32)/t14-,18+/m0/s1. The molecular formula is C23H24F3N7O. The molecule has 11 heteroatoms. The molecule has 2 N–H and O–H groups in total. The molecule has 0 aliphatic carbocycles. The largest absolute Gasteiger partial charge is 0.433 e. The van der Waals surface area contributed by atoms with Crippen LogP contribution < -0.4 is 15.5 Å². The fourth-order valence-electron chi connectivity index (χ4n) is 3.74. The molecule has 34 heavy (non-hydrogen) atoms. The lowest BCUT2D eigenvalue weighted by molar-refractivity contribution is -0.141. The van der Waals surface area contributed by atoms with Crippen molar-refractivity contribution in [1.82, 2.24) is 25.3 Å². The van der Waals surface area contributed by atoms with Gasteiger partial charge in [-0.25, -0.2) is 9.78 Å². The van der Waals surface area contributed by atoms with Crippen LogP contribution in [-0.4, -0.2) is 38.6 Å². The lowest BCUT2D eigenvalue weighted by atomic mass is 10.0. The van der Waals surface area contributed by atoms with Gasteiger partial charge < -0.3 is 10.6 Å². The molecule has 178 valence electrons. The van der Waals surface area contributed by atoms with Crippen molar-refractivity contribution in [2.75, 3.05) is 16.8 Å². The van der Waals surface area contributed by atoms with Crippen LogP contribution in [0.25, 0.3) is 11.1 Å². The van der Waals surface area contributed by atoms with E-state index in [4.69, 9.17) is 0 Å². The van der Waals surface area contributed by atoms with E-state index in [1.165, 1.54) is 12.3 Å². The molecule has 2 atom stereocenters. The summed E-state index contributed by atoms with van der Waals surface area (Å²) in [5.74, 6) is 1.08. The number of nitrogens with one attached hydrogen (secondary N) is 2. The van der Waals surface area contributed by atoms with E-state index < -0.39 is 11.9 Å². The fraction of sp³-hybridized carbons (Fsp3) is 0.348. The number of halogens is 3. The van der Waals surface area contributed by atoms with Crippen molar-refractivity contribution in [2.24, 2.45) is 5.92 Å². The zero-order valence-electron chi connectivity index (χ0n) is 18.8. The van der Waals surface area contributed by atoms with Crippen LogP contribution in [0.1, 0.15) is 38.2 Å². The van der Waals surface area contributed by atoms with Crippen molar-refractivity contribution >= 4 is 17.8 Å². The van der Waals surface area contributed by atoms with Gasteiger partial charge in [0.25, 0.3) is 0 Å². The second-order valence-corrected chi connectivity index (χ2v) is 8.37. The highest BCUT2D eigenvalue weighted by molar-refractivity contribution is 5.94. The highest BCUT2D eigenvalue weighted by Gasteiger charge is 2.35. The molecule has 0 unspecified atom stereocenters. The van der Waals surface area contributed by atoms with Gasteiger partial charge in [-0.3, -0.25) is 14.9 Å². The van der Waals surface area contributed by atoms with E-state index in [9.17, 15) is 18.0 Å². The molecule has 1 aliphatic rings. The normalized spacial score (nSPS) is 17.1. The summed E-state index contributed by atoms with van der Waals surface area (Å²) in [6.45, 7) is 6.51. The van der Waals surface area contributed by atoms with E-state index in [0.717, 1.165) is 12.3 Å². The smallest absolute Gasteiger partial charge is 0.346 e. The van der Waals surface area contributed by atoms with Crippen molar-refractivity contribution in [1.29, 1.82) is 0 Å². The van der Waals surface area contributed by atoms with E-state index >= 15 is 0 Å². The molecule has 1 fully saturated rings. The summed E-state index contributed by atoms with van der Waals surface area (Å²) in [5.41, 5.74) is 0.623. The number of aromatic nitrogens is 4. The molecule has 3 aromatic heterocycles. The molecular weight excluding hydrogens is 447 g/mol. The first kappa shape index (κ1) is 23.4. The molecule has 3 aromatic rings. The Morgan fingerprint density at radius 1 is 1.06 bits per heavy atom. The Morgan fingerprint density at radius 3 is 2.50 bits per heavy atom. The number of anilines is 2. The average molecular weight is 471 g/mol. The highest BCUT2D eigenvalue weighted by Crippen LogP contribution is 2.31. The Bertz CT molecular complexity index is 1170. The quantitative estimate of drug-likeness (QED) is 0.542. The summed E-state index contributed by atoms with van der Waals surface area (Å²) >= 11 is 0. The van der Waals surface area contributed by atoms with Crippen LogP contribution in [0, 0.1) is 5.92 Å². The van der Waals surface area contributed by atoms with Gasteiger partial charge in [0, 0.05) is 30.7 Å². The first-order chi connectivity index (χ1) is 16.1. The van der Waals surface area contributed by atoms with Crippen LogP contribution in [0.3, 0.4) is 0 Å².